The van der Waals surface area contributed by atoms with Crippen LogP contribution in [-0.4, -0.2) is 38.2 Å². The Morgan fingerprint density at radius 1 is 1.43 bits per heavy atom. The number of nitrogen functional groups attached to an aromatic ring is 1. The first-order chi connectivity index (χ1) is 9.85. The maximum atomic E-state index is 13.5. The summed E-state index contributed by atoms with van der Waals surface area (Å²) in [6.07, 6.45) is 0. The van der Waals surface area contributed by atoms with Gasteiger partial charge in [-0.3, -0.25) is 4.79 Å². The second-order valence-corrected chi connectivity index (χ2v) is 4.67. The molecule has 0 aliphatic heterocycles. The van der Waals surface area contributed by atoms with Crippen LogP contribution >= 0.6 is 0 Å². The number of methoxy groups -OCH3 is 1. The number of ether oxygens (including phenoxy) is 2. The molecule has 3 N–H and O–H groups in total. The van der Waals surface area contributed by atoms with Gasteiger partial charge in [-0.15, -0.1) is 0 Å². The molecule has 0 radical (unpaired) electrons. The molecular formula is C14H19FN2O4. The van der Waals surface area contributed by atoms with Crippen molar-refractivity contribution < 1.29 is 23.5 Å². The molecule has 0 aromatic heterocycles. The van der Waals surface area contributed by atoms with E-state index in [0.717, 1.165) is 6.07 Å². The van der Waals surface area contributed by atoms with E-state index < -0.39 is 24.3 Å². The van der Waals surface area contributed by atoms with Crippen molar-refractivity contribution in [3.63, 3.8) is 0 Å². The van der Waals surface area contributed by atoms with Crippen molar-refractivity contribution >= 4 is 17.6 Å². The Bertz CT molecular complexity index is 511. The second kappa shape index (κ2) is 7.58. The number of hydrogen-bond acceptors (Lipinski definition) is 5. The van der Waals surface area contributed by atoms with Gasteiger partial charge in [0.2, 0.25) is 0 Å². The summed E-state index contributed by atoms with van der Waals surface area (Å²) >= 11 is 0. The number of anilines is 1. The summed E-state index contributed by atoms with van der Waals surface area (Å²) in [5, 5.41) is 2.58. The number of amides is 1. The molecule has 0 aliphatic rings. The van der Waals surface area contributed by atoms with Gasteiger partial charge in [0.25, 0.3) is 5.91 Å². The lowest BCUT2D eigenvalue weighted by Gasteiger charge is -2.13. The Kier molecular flexibility index (Phi) is 6.10. The first-order valence-electron chi connectivity index (χ1n) is 6.36. The van der Waals surface area contributed by atoms with Crippen LogP contribution in [0.3, 0.4) is 0 Å². The highest BCUT2D eigenvalue weighted by Crippen LogP contribution is 2.18. The Morgan fingerprint density at radius 3 is 2.67 bits per heavy atom. The molecule has 1 aromatic carbocycles. The number of benzene rings is 1. The highest BCUT2D eigenvalue weighted by molar-refractivity contribution is 5.92. The molecule has 0 saturated carbocycles. The third-order valence-electron chi connectivity index (χ3n) is 2.78. The molecule has 116 valence electrons. The van der Waals surface area contributed by atoms with Gasteiger partial charge in [-0.2, -0.15) is 0 Å². The van der Waals surface area contributed by atoms with Gasteiger partial charge in [0, 0.05) is 24.4 Å². The molecule has 6 nitrogen and oxygen atoms in total. The van der Waals surface area contributed by atoms with Gasteiger partial charge in [0.05, 0.1) is 12.2 Å². The minimum atomic E-state index is -0.810. The minimum Gasteiger partial charge on any atom is -0.452 e. The fourth-order valence-electron chi connectivity index (χ4n) is 1.64. The van der Waals surface area contributed by atoms with Crippen molar-refractivity contribution in [3.05, 3.63) is 29.1 Å². The Morgan fingerprint density at radius 2 is 2.10 bits per heavy atom. The molecule has 1 rings (SSSR count). The summed E-state index contributed by atoms with van der Waals surface area (Å²) in [6, 6.07) is 2.14. The number of esters is 1. The Balaban J connectivity index is 2.56. The summed E-state index contributed by atoms with van der Waals surface area (Å²) in [4.78, 5) is 23.2. The molecule has 21 heavy (non-hydrogen) atoms. The normalized spacial score (nSPS) is 11.8. The van der Waals surface area contributed by atoms with E-state index in [9.17, 15) is 14.0 Å². The molecular weight excluding hydrogens is 279 g/mol. The molecule has 1 aromatic rings. The molecule has 1 atom stereocenters. The van der Waals surface area contributed by atoms with E-state index in [2.05, 4.69) is 5.32 Å². The summed E-state index contributed by atoms with van der Waals surface area (Å²) in [5.74, 6) is -1.87. The second-order valence-electron chi connectivity index (χ2n) is 4.67. The zero-order chi connectivity index (χ0) is 16.0. The van der Waals surface area contributed by atoms with E-state index >= 15 is 0 Å². The van der Waals surface area contributed by atoms with Crippen molar-refractivity contribution in [2.75, 3.05) is 26.1 Å². The van der Waals surface area contributed by atoms with Crippen molar-refractivity contribution in [2.45, 2.75) is 19.9 Å². The number of rotatable bonds is 6. The van der Waals surface area contributed by atoms with E-state index in [1.165, 1.54) is 20.1 Å². The lowest BCUT2D eigenvalue weighted by Crippen LogP contribution is -2.38. The van der Waals surface area contributed by atoms with Gasteiger partial charge in [0.15, 0.2) is 6.61 Å². The predicted octanol–water partition coefficient (Wildman–Crippen LogP) is 1.02. The van der Waals surface area contributed by atoms with Gasteiger partial charge in [-0.25, -0.2) is 9.18 Å². The largest absolute Gasteiger partial charge is 0.452 e. The SMILES string of the molecule is COCC(C)NC(=O)COC(=O)c1cc(N)c(C)c(F)c1. The summed E-state index contributed by atoms with van der Waals surface area (Å²) in [6.45, 7) is 3.14. The third-order valence-corrected chi connectivity index (χ3v) is 2.78. The first-order valence-corrected chi connectivity index (χ1v) is 6.36. The van der Waals surface area contributed by atoms with Gasteiger partial charge in [-0.05, 0) is 26.0 Å². The summed E-state index contributed by atoms with van der Waals surface area (Å²) in [5.41, 5.74) is 5.95. The molecule has 1 unspecified atom stereocenters. The number of nitrogens with two attached hydrogens (primary N) is 1. The van der Waals surface area contributed by atoms with Crippen LogP contribution in [0.1, 0.15) is 22.8 Å². The Labute approximate surface area is 122 Å². The first kappa shape index (κ1) is 16.9. The van der Waals surface area contributed by atoms with E-state index in [-0.39, 0.29) is 22.9 Å². The molecule has 0 aliphatic carbocycles. The maximum absolute atomic E-state index is 13.5. The monoisotopic (exact) mass is 298 g/mol. The Hall–Kier alpha value is -2.15. The average molecular weight is 298 g/mol. The fourth-order valence-corrected chi connectivity index (χ4v) is 1.64. The minimum absolute atomic E-state index is 0.0339. The number of carbonyl (C=O) groups excluding carboxylic acids is 2. The van der Waals surface area contributed by atoms with Crippen LogP contribution in [0.25, 0.3) is 0 Å². The van der Waals surface area contributed by atoms with Crippen LogP contribution in [0.2, 0.25) is 0 Å². The standard InChI is InChI=1S/C14H19FN2O4/c1-8(6-20-3)17-13(18)7-21-14(19)10-4-11(15)9(2)12(16)5-10/h4-5,8H,6-7,16H2,1-3H3,(H,17,18). The number of hydrogen-bond donors (Lipinski definition) is 2. The maximum Gasteiger partial charge on any atom is 0.338 e. The third kappa shape index (κ3) is 5.03. The van der Waals surface area contributed by atoms with Crippen LogP contribution in [0.4, 0.5) is 10.1 Å². The summed E-state index contributed by atoms with van der Waals surface area (Å²) in [7, 11) is 1.51. The molecule has 7 heteroatoms. The van der Waals surface area contributed by atoms with Crippen LogP contribution in [0.15, 0.2) is 12.1 Å². The zero-order valence-corrected chi connectivity index (χ0v) is 12.2. The quantitative estimate of drug-likeness (QED) is 0.604. The molecule has 0 bridgehead atoms. The smallest absolute Gasteiger partial charge is 0.338 e. The highest BCUT2D eigenvalue weighted by atomic mass is 19.1. The van der Waals surface area contributed by atoms with Crippen LogP contribution in [0.5, 0.6) is 0 Å². The summed E-state index contributed by atoms with van der Waals surface area (Å²) < 4.78 is 23.1. The van der Waals surface area contributed by atoms with Crippen molar-refractivity contribution in [3.8, 4) is 0 Å². The predicted molar refractivity (Wildman–Crippen MR) is 75.3 cm³/mol. The molecule has 0 spiro atoms. The number of nitrogens with one attached hydrogen (secondary N) is 1. The van der Waals surface area contributed by atoms with Crippen molar-refractivity contribution in [1.82, 2.24) is 5.32 Å². The average Bonchev–Trinajstić information content (AvgIpc) is 2.41. The molecule has 1 amide bonds. The van der Waals surface area contributed by atoms with Gasteiger partial charge in [-0.1, -0.05) is 0 Å². The van der Waals surface area contributed by atoms with Gasteiger partial charge in [0.1, 0.15) is 5.82 Å². The topological polar surface area (TPSA) is 90.6 Å². The van der Waals surface area contributed by atoms with E-state index in [0.29, 0.717) is 6.61 Å². The lowest BCUT2D eigenvalue weighted by molar-refractivity contribution is -0.125. The lowest BCUT2D eigenvalue weighted by atomic mass is 10.1. The highest BCUT2D eigenvalue weighted by Gasteiger charge is 2.14. The van der Waals surface area contributed by atoms with Gasteiger partial charge >= 0.3 is 5.97 Å². The molecule has 0 fully saturated rings. The van der Waals surface area contributed by atoms with Crippen molar-refractivity contribution in [1.29, 1.82) is 0 Å². The number of halogens is 1. The van der Waals surface area contributed by atoms with E-state index in [1.807, 2.05) is 0 Å². The van der Waals surface area contributed by atoms with Crippen LogP contribution in [-0.2, 0) is 14.3 Å². The van der Waals surface area contributed by atoms with Crippen LogP contribution < -0.4 is 11.1 Å². The van der Waals surface area contributed by atoms with E-state index in [4.69, 9.17) is 15.2 Å². The van der Waals surface area contributed by atoms with E-state index in [1.54, 1.807) is 6.92 Å². The molecule has 0 saturated heterocycles. The van der Waals surface area contributed by atoms with Crippen LogP contribution in [0, 0.1) is 12.7 Å². The van der Waals surface area contributed by atoms with Crippen molar-refractivity contribution in [2.24, 2.45) is 0 Å². The molecule has 0 heterocycles. The van der Waals surface area contributed by atoms with Gasteiger partial charge < -0.3 is 20.5 Å². The zero-order valence-electron chi connectivity index (χ0n) is 12.2. The number of carbonyl (C=O) groups is 2. The fraction of sp³-hybridized carbons (Fsp3) is 0.429.